The number of piperidine rings is 1. The molecule has 0 aromatic carbocycles. The Morgan fingerprint density at radius 2 is 1.91 bits per heavy atom. The highest BCUT2D eigenvalue weighted by atomic mass is 15.3. The summed E-state index contributed by atoms with van der Waals surface area (Å²) < 4.78 is 2.28. The minimum absolute atomic E-state index is 0. The molecule has 2 unspecified atom stereocenters. The number of aromatic nitrogens is 2. The maximum Gasteiger partial charge on any atom is 0.138 e. The van der Waals surface area contributed by atoms with Gasteiger partial charge in [0, 0.05) is 32.4 Å². The molecule has 2 aromatic rings. The summed E-state index contributed by atoms with van der Waals surface area (Å²) >= 11 is 0. The summed E-state index contributed by atoms with van der Waals surface area (Å²) in [5.74, 6) is 1.25. The molecule has 4 heterocycles. The van der Waals surface area contributed by atoms with Crippen LogP contribution in [0.2, 0.25) is 0 Å². The zero-order valence-corrected chi connectivity index (χ0v) is 20.2. The third-order valence-corrected chi connectivity index (χ3v) is 6.90. The molecule has 0 saturated carbocycles. The van der Waals surface area contributed by atoms with Gasteiger partial charge in [-0.15, -0.1) is 0 Å². The number of rotatable bonds is 5. The number of nitrogens with zero attached hydrogens (tertiary/aromatic N) is 6. The minimum Gasteiger partial charge on any atom is -0.355 e. The van der Waals surface area contributed by atoms with Crippen molar-refractivity contribution < 1.29 is 0 Å². The number of imidazole rings is 1. The second-order valence-corrected chi connectivity index (χ2v) is 8.92. The van der Waals surface area contributed by atoms with E-state index in [1.54, 1.807) is 0 Å². The van der Waals surface area contributed by atoms with Gasteiger partial charge in [0.15, 0.2) is 0 Å². The summed E-state index contributed by atoms with van der Waals surface area (Å²) in [6, 6.07) is 7.04. The minimum atomic E-state index is 0. The van der Waals surface area contributed by atoms with Gasteiger partial charge in [-0.2, -0.15) is 0 Å². The Morgan fingerprint density at radius 1 is 1.16 bits per heavy atom. The first kappa shape index (κ1) is 24.2. The Bertz CT molecular complexity index is 981. The van der Waals surface area contributed by atoms with E-state index in [-0.39, 0.29) is 18.2 Å². The van der Waals surface area contributed by atoms with Crippen LogP contribution in [0.25, 0.3) is 5.65 Å². The van der Waals surface area contributed by atoms with E-state index in [2.05, 4.69) is 88.4 Å². The smallest absolute Gasteiger partial charge is 0.138 e. The lowest BCUT2D eigenvalue weighted by molar-refractivity contribution is 0.132. The van der Waals surface area contributed by atoms with Crippen molar-refractivity contribution in [1.29, 1.82) is 0 Å². The van der Waals surface area contributed by atoms with E-state index in [0.29, 0.717) is 0 Å². The third kappa shape index (κ3) is 4.65. The zero-order chi connectivity index (χ0) is 22.0. The van der Waals surface area contributed by atoms with Crippen LogP contribution in [0.3, 0.4) is 0 Å². The molecule has 0 spiro atoms. The van der Waals surface area contributed by atoms with Gasteiger partial charge < -0.3 is 16.0 Å². The summed E-state index contributed by atoms with van der Waals surface area (Å²) in [7, 11) is 4.41. The van der Waals surface area contributed by atoms with E-state index < -0.39 is 0 Å². The standard InChI is InChI=1S/C25H36N6.H3N/c1-6-9-19(2)25(26-3)22-11-7-10-21(29(22)5)20-18-31-23(27-20)12-8-13-24(31)30-16-14-28(4)15-17-30;/h6,8-9,12-13,18,21-22H,3,7,10-11,14-17H2,1-2,4-5H3;1H3/b9-6-,25-19-;. The zero-order valence-electron chi connectivity index (χ0n) is 20.2. The van der Waals surface area contributed by atoms with Gasteiger partial charge in [-0.05, 0) is 71.6 Å². The van der Waals surface area contributed by atoms with Gasteiger partial charge in [0.2, 0.25) is 0 Å². The van der Waals surface area contributed by atoms with Crippen molar-refractivity contribution in [2.24, 2.45) is 4.99 Å². The fraction of sp³-hybridized carbons (Fsp3) is 0.520. The van der Waals surface area contributed by atoms with Gasteiger partial charge in [0.1, 0.15) is 11.5 Å². The van der Waals surface area contributed by atoms with Crippen LogP contribution in [0.1, 0.15) is 44.8 Å². The summed E-state index contributed by atoms with van der Waals surface area (Å²) in [6.07, 6.45) is 9.86. The van der Waals surface area contributed by atoms with E-state index in [1.165, 1.54) is 17.8 Å². The lowest BCUT2D eigenvalue weighted by atomic mass is 9.91. The van der Waals surface area contributed by atoms with Crippen LogP contribution in [0.15, 0.2) is 52.8 Å². The summed E-state index contributed by atoms with van der Waals surface area (Å²) in [6.45, 7) is 12.4. The van der Waals surface area contributed by atoms with Crippen LogP contribution in [-0.2, 0) is 0 Å². The SMILES string of the molecule is C=N/C(=C(C)\C=C/C)C1CCCC(c2cn3c(N4CCN(C)CC4)cccc3n2)N1C.N. The van der Waals surface area contributed by atoms with Crippen molar-refractivity contribution in [3.63, 3.8) is 0 Å². The molecular formula is C25H39N7. The second kappa shape index (κ2) is 10.4. The van der Waals surface area contributed by atoms with Crippen molar-refractivity contribution in [1.82, 2.24) is 25.3 Å². The van der Waals surface area contributed by atoms with Crippen LogP contribution in [0.5, 0.6) is 0 Å². The van der Waals surface area contributed by atoms with Gasteiger partial charge in [-0.25, -0.2) is 4.98 Å². The van der Waals surface area contributed by atoms with E-state index in [9.17, 15) is 0 Å². The van der Waals surface area contributed by atoms with Crippen molar-refractivity contribution in [2.75, 3.05) is 45.2 Å². The Balaban J connectivity index is 0.00000289. The molecule has 0 bridgehead atoms. The van der Waals surface area contributed by atoms with Crippen LogP contribution in [-0.4, -0.2) is 72.2 Å². The van der Waals surface area contributed by atoms with E-state index in [1.807, 2.05) is 6.92 Å². The highest BCUT2D eigenvalue weighted by Crippen LogP contribution is 2.37. The first-order valence-electron chi connectivity index (χ1n) is 11.5. The number of allylic oxidation sites excluding steroid dienone is 3. The Labute approximate surface area is 192 Å². The van der Waals surface area contributed by atoms with E-state index in [4.69, 9.17) is 4.98 Å². The third-order valence-electron chi connectivity index (χ3n) is 6.90. The maximum atomic E-state index is 5.07. The normalized spacial score (nSPS) is 23.9. The second-order valence-electron chi connectivity index (χ2n) is 8.92. The molecule has 2 aromatic heterocycles. The highest BCUT2D eigenvalue weighted by molar-refractivity contribution is 5.53. The number of fused-ring (bicyclic) bond motifs is 1. The number of aliphatic imine (C=N–C) groups is 1. The Kier molecular flexibility index (Phi) is 7.87. The van der Waals surface area contributed by atoms with Crippen molar-refractivity contribution in [3.8, 4) is 0 Å². The molecular weight excluding hydrogens is 398 g/mol. The number of likely N-dealkylation sites (N-methyl/N-ethyl adjacent to an activating group) is 2. The molecule has 2 atom stereocenters. The number of hydrogen-bond donors (Lipinski definition) is 1. The number of likely N-dealkylation sites (tertiary alicyclic amines) is 1. The number of hydrogen-bond acceptors (Lipinski definition) is 6. The van der Waals surface area contributed by atoms with Crippen molar-refractivity contribution >= 4 is 18.2 Å². The molecule has 7 nitrogen and oxygen atoms in total. The molecule has 0 aliphatic carbocycles. The van der Waals surface area contributed by atoms with Crippen LogP contribution in [0.4, 0.5) is 5.82 Å². The number of anilines is 1. The Hall–Kier alpha value is -2.48. The molecule has 0 radical (unpaired) electrons. The molecule has 3 N–H and O–H groups in total. The molecule has 4 rings (SSSR count). The molecule has 7 heteroatoms. The summed E-state index contributed by atoms with van der Waals surface area (Å²) in [5, 5.41) is 0. The fourth-order valence-corrected chi connectivity index (χ4v) is 5.11. The Morgan fingerprint density at radius 3 is 2.59 bits per heavy atom. The lowest BCUT2D eigenvalue weighted by Crippen LogP contribution is -2.45. The maximum absolute atomic E-state index is 5.07. The molecule has 2 aliphatic heterocycles. The molecule has 0 amide bonds. The molecule has 174 valence electrons. The van der Waals surface area contributed by atoms with E-state index in [0.717, 1.165) is 56.1 Å². The predicted molar refractivity (Wildman–Crippen MR) is 135 cm³/mol. The van der Waals surface area contributed by atoms with E-state index >= 15 is 0 Å². The van der Waals surface area contributed by atoms with Crippen LogP contribution >= 0.6 is 0 Å². The fourth-order valence-electron chi connectivity index (χ4n) is 5.11. The molecule has 32 heavy (non-hydrogen) atoms. The lowest BCUT2D eigenvalue weighted by Gasteiger charge is -2.39. The monoisotopic (exact) mass is 437 g/mol. The van der Waals surface area contributed by atoms with Crippen molar-refractivity contribution in [3.05, 3.63) is 53.5 Å². The number of pyridine rings is 1. The summed E-state index contributed by atoms with van der Waals surface area (Å²) in [5.41, 5.74) is 4.47. The van der Waals surface area contributed by atoms with Crippen LogP contribution in [0, 0.1) is 0 Å². The van der Waals surface area contributed by atoms with Crippen LogP contribution < -0.4 is 11.1 Å². The topological polar surface area (TPSA) is 74.4 Å². The van der Waals surface area contributed by atoms with Gasteiger partial charge in [-0.3, -0.25) is 14.3 Å². The number of piperazine rings is 1. The first-order chi connectivity index (χ1) is 15.0. The highest BCUT2D eigenvalue weighted by Gasteiger charge is 2.33. The quantitative estimate of drug-likeness (QED) is 0.557. The van der Waals surface area contributed by atoms with Crippen molar-refractivity contribution in [2.45, 2.75) is 45.2 Å². The van der Waals surface area contributed by atoms with Gasteiger partial charge in [0.25, 0.3) is 0 Å². The summed E-state index contributed by atoms with van der Waals surface area (Å²) in [4.78, 5) is 16.8. The average molecular weight is 438 g/mol. The predicted octanol–water partition coefficient (Wildman–Crippen LogP) is 4.32. The molecule has 2 fully saturated rings. The molecule has 2 saturated heterocycles. The van der Waals surface area contributed by atoms with Gasteiger partial charge in [-0.1, -0.05) is 18.2 Å². The van der Waals surface area contributed by atoms with Gasteiger partial charge in [0.05, 0.1) is 23.5 Å². The largest absolute Gasteiger partial charge is 0.355 e. The first-order valence-corrected chi connectivity index (χ1v) is 11.5. The molecule has 2 aliphatic rings. The van der Waals surface area contributed by atoms with Gasteiger partial charge >= 0.3 is 0 Å². The average Bonchev–Trinajstić information content (AvgIpc) is 3.20.